The second-order valence-electron chi connectivity index (χ2n) is 6.50. The van der Waals surface area contributed by atoms with Crippen molar-refractivity contribution in [2.45, 2.75) is 13.1 Å². The van der Waals surface area contributed by atoms with Gasteiger partial charge in [0, 0.05) is 17.5 Å². The van der Waals surface area contributed by atoms with E-state index < -0.39 is 0 Å². The average molecular weight is 371 g/mol. The number of para-hydroxylation sites is 2. The Morgan fingerprint density at radius 2 is 1.68 bits per heavy atom. The van der Waals surface area contributed by atoms with Crippen molar-refractivity contribution in [2.75, 3.05) is 7.11 Å². The van der Waals surface area contributed by atoms with E-state index in [-0.39, 0.29) is 5.91 Å². The van der Waals surface area contributed by atoms with Crippen molar-refractivity contribution < 1.29 is 9.53 Å². The molecule has 140 valence electrons. The zero-order chi connectivity index (χ0) is 19.3. The van der Waals surface area contributed by atoms with Gasteiger partial charge in [0.25, 0.3) is 5.91 Å². The van der Waals surface area contributed by atoms with Crippen LogP contribution in [-0.4, -0.2) is 22.8 Å². The fraction of sp³-hybridized carbons (Fsp3) is 0.130. The number of aromatic nitrogens is 2. The van der Waals surface area contributed by atoms with Crippen LogP contribution in [0.25, 0.3) is 10.9 Å². The summed E-state index contributed by atoms with van der Waals surface area (Å²) in [5.74, 6) is 0.552. The maximum absolute atomic E-state index is 12.9. The van der Waals surface area contributed by atoms with Gasteiger partial charge in [-0.1, -0.05) is 66.7 Å². The molecule has 4 rings (SSSR count). The summed E-state index contributed by atoms with van der Waals surface area (Å²) in [6.07, 6.45) is 0. The summed E-state index contributed by atoms with van der Waals surface area (Å²) < 4.78 is 7.23. The van der Waals surface area contributed by atoms with E-state index in [0.717, 1.165) is 27.8 Å². The Morgan fingerprint density at radius 3 is 2.50 bits per heavy atom. The van der Waals surface area contributed by atoms with Crippen molar-refractivity contribution in [3.8, 4) is 5.75 Å². The first-order valence-corrected chi connectivity index (χ1v) is 9.16. The second kappa shape index (κ2) is 7.96. The number of hydrogen-bond donors (Lipinski definition) is 1. The number of rotatable bonds is 6. The van der Waals surface area contributed by atoms with Crippen LogP contribution >= 0.6 is 0 Å². The predicted molar refractivity (Wildman–Crippen MR) is 109 cm³/mol. The van der Waals surface area contributed by atoms with Crippen molar-refractivity contribution >= 4 is 16.8 Å². The van der Waals surface area contributed by atoms with Crippen LogP contribution in [0.1, 0.15) is 21.6 Å². The van der Waals surface area contributed by atoms with Gasteiger partial charge in [-0.2, -0.15) is 5.10 Å². The number of benzene rings is 3. The van der Waals surface area contributed by atoms with Gasteiger partial charge in [0.2, 0.25) is 0 Å². The highest BCUT2D eigenvalue weighted by Gasteiger charge is 2.17. The Balaban J connectivity index is 1.60. The lowest BCUT2D eigenvalue weighted by Gasteiger charge is -2.08. The topological polar surface area (TPSA) is 56.1 Å². The highest BCUT2D eigenvalue weighted by Crippen LogP contribution is 2.21. The van der Waals surface area contributed by atoms with Gasteiger partial charge in [0.15, 0.2) is 5.69 Å². The number of methoxy groups -OCH3 is 1. The standard InChI is InChI=1S/C23H21N3O2/c1-28-21-14-8-5-11-18(21)15-24-23(27)22-19-12-6-7-13-20(19)26(25-22)16-17-9-3-2-4-10-17/h2-14H,15-16H2,1H3,(H,24,27). The van der Waals surface area contributed by atoms with E-state index in [1.165, 1.54) is 0 Å². The Kier molecular flexibility index (Phi) is 5.06. The van der Waals surface area contributed by atoms with Crippen molar-refractivity contribution in [3.05, 3.63) is 95.7 Å². The first-order valence-electron chi connectivity index (χ1n) is 9.16. The molecule has 0 spiro atoms. The lowest BCUT2D eigenvalue weighted by molar-refractivity contribution is 0.0946. The van der Waals surface area contributed by atoms with Gasteiger partial charge in [-0.3, -0.25) is 9.48 Å². The Hall–Kier alpha value is -3.60. The quantitative estimate of drug-likeness (QED) is 0.557. The summed E-state index contributed by atoms with van der Waals surface area (Å²) in [4.78, 5) is 12.9. The molecular weight excluding hydrogens is 350 g/mol. The van der Waals surface area contributed by atoms with Crippen molar-refractivity contribution in [3.63, 3.8) is 0 Å². The molecule has 0 aliphatic heterocycles. The molecule has 0 saturated heterocycles. The maximum Gasteiger partial charge on any atom is 0.272 e. The van der Waals surface area contributed by atoms with Gasteiger partial charge in [0.1, 0.15) is 5.75 Å². The van der Waals surface area contributed by atoms with Gasteiger partial charge < -0.3 is 10.1 Å². The number of fused-ring (bicyclic) bond motifs is 1. The molecule has 0 radical (unpaired) electrons. The monoisotopic (exact) mass is 371 g/mol. The molecule has 0 aliphatic rings. The first kappa shape index (κ1) is 17.8. The molecule has 28 heavy (non-hydrogen) atoms. The van der Waals surface area contributed by atoms with Crippen LogP contribution in [0.2, 0.25) is 0 Å². The van der Waals surface area contributed by atoms with Crippen LogP contribution in [0.5, 0.6) is 5.75 Å². The van der Waals surface area contributed by atoms with Gasteiger partial charge >= 0.3 is 0 Å². The van der Waals surface area contributed by atoms with E-state index in [1.54, 1.807) is 7.11 Å². The minimum atomic E-state index is -0.200. The summed E-state index contributed by atoms with van der Waals surface area (Å²) in [5.41, 5.74) is 3.43. The lowest BCUT2D eigenvalue weighted by Crippen LogP contribution is -2.24. The van der Waals surface area contributed by atoms with Crippen molar-refractivity contribution in [1.82, 2.24) is 15.1 Å². The van der Waals surface area contributed by atoms with E-state index in [0.29, 0.717) is 18.8 Å². The van der Waals surface area contributed by atoms with Crippen LogP contribution in [0, 0.1) is 0 Å². The first-order chi connectivity index (χ1) is 13.8. The van der Waals surface area contributed by atoms with Crippen molar-refractivity contribution in [1.29, 1.82) is 0 Å². The van der Waals surface area contributed by atoms with Gasteiger partial charge in [0.05, 0.1) is 19.2 Å². The number of nitrogens with zero attached hydrogens (tertiary/aromatic N) is 2. The molecule has 0 unspecified atom stereocenters. The highest BCUT2D eigenvalue weighted by atomic mass is 16.5. The van der Waals surface area contributed by atoms with E-state index in [2.05, 4.69) is 22.5 Å². The molecule has 4 aromatic rings. The number of ether oxygens (including phenoxy) is 1. The molecule has 1 heterocycles. The van der Waals surface area contributed by atoms with Gasteiger partial charge in [-0.15, -0.1) is 0 Å². The summed E-state index contributed by atoms with van der Waals surface area (Å²) >= 11 is 0. The fourth-order valence-corrected chi connectivity index (χ4v) is 3.28. The third-order valence-corrected chi connectivity index (χ3v) is 4.68. The smallest absolute Gasteiger partial charge is 0.272 e. The SMILES string of the molecule is COc1ccccc1CNC(=O)c1nn(Cc2ccccc2)c2ccccc12. The van der Waals surface area contributed by atoms with Crippen LogP contribution in [0.15, 0.2) is 78.9 Å². The van der Waals surface area contributed by atoms with E-state index in [1.807, 2.05) is 71.4 Å². The van der Waals surface area contributed by atoms with Gasteiger partial charge in [-0.25, -0.2) is 0 Å². The average Bonchev–Trinajstić information content (AvgIpc) is 3.11. The number of carbonyl (C=O) groups is 1. The molecular formula is C23H21N3O2. The number of amides is 1. The van der Waals surface area contributed by atoms with E-state index in [9.17, 15) is 4.79 Å². The highest BCUT2D eigenvalue weighted by molar-refractivity contribution is 6.04. The zero-order valence-electron chi connectivity index (χ0n) is 15.6. The molecule has 0 atom stereocenters. The second-order valence-corrected chi connectivity index (χ2v) is 6.50. The van der Waals surface area contributed by atoms with Gasteiger partial charge in [-0.05, 0) is 17.7 Å². The van der Waals surface area contributed by atoms with Crippen LogP contribution in [0.3, 0.4) is 0 Å². The van der Waals surface area contributed by atoms with Crippen molar-refractivity contribution in [2.24, 2.45) is 0 Å². The van der Waals surface area contributed by atoms with Crippen LogP contribution < -0.4 is 10.1 Å². The molecule has 5 nitrogen and oxygen atoms in total. The molecule has 0 aliphatic carbocycles. The third kappa shape index (κ3) is 3.60. The fourth-order valence-electron chi connectivity index (χ4n) is 3.28. The van der Waals surface area contributed by atoms with Crippen LogP contribution in [0.4, 0.5) is 0 Å². The number of hydrogen-bond acceptors (Lipinski definition) is 3. The minimum absolute atomic E-state index is 0.200. The minimum Gasteiger partial charge on any atom is -0.496 e. The molecule has 1 aromatic heterocycles. The van der Waals surface area contributed by atoms with E-state index in [4.69, 9.17) is 4.74 Å². The zero-order valence-corrected chi connectivity index (χ0v) is 15.6. The Bertz CT molecular complexity index is 1100. The normalized spacial score (nSPS) is 10.8. The molecule has 5 heteroatoms. The molecule has 1 N–H and O–H groups in total. The lowest BCUT2D eigenvalue weighted by atomic mass is 10.1. The molecule has 0 bridgehead atoms. The maximum atomic E-state index is 12.9. The Morgan fingerprint density at radius 1 is 0.964 bits per heavy atom. The molecule has 1 amide bonds. The molecule has 3 aromatic carbocycles. The van der Waals surface area contributed by atoms with Crippen LogP contribution in [-0.2, 0) is 13.1 Å². The molecule has 0 saturated carbocycles. The summed E-state index contributed by atoms with van der Waals surface area (Å²) in [6.45, 7) is 0.990. The summed E-state index contributed by atoms with van der Waals surface area (Å²) in [6, 6.07) is 25.6. The number of nitrogens with one attached hydrogen (secondary N) is 1. The number of carbonyl (C=O) groups excluding carboxylic acids is 1. The predicted octanol–water partition coefficient (Wildman–Crippen LogP) is 4.02. The largest absolute Gasteiger partial charge is 0.496 e. The summed E-state index contributed by atoms with van der Waals surface area (Å²) in [5, 5.41) is 8.42. The van der Waals surface area contributed by atoms with E-state index >= 15 is 0 Å². The third-order valence-electron chi connectivity index (χ3n) is 4.68. The molecule has 0 fully saturated rings. The summed E-state index contributed by atoms with van der Waals surface area (Å²) in [7, 11) is 1.62. The Labute approximate surface area is 163 Å².